The Hall–Kier alpha value is -2.07. The van der Waals surface area contributed by atoms with Gasteiger partial charge in [0.2, 0.25) is 5.91 Å². The van der Waals surface area contributed by atoms with Gasteiger partial charge in [-0.25, -0.2) is 4.39 Å². The van der Waals surface area contributed by atoms with Gasteiger partial charge in [-0.05, 0) is 35.9 Å². The number of carbonyl (C=O) groups excluding carboxylic acids is 1. The van der Waals surface area contributed by atoms with Crippen LogP contribution in [0.25, 0.3) is 0 Å². The zero-order valence-corrected chi connectivity index (χ0v) is 11.6. The molecule has 0 aliphatic carbocycles. The lowest BCUT2D eigenvalue weighted by Gasteiger charge is -2.07. The highest BCUT2D eigenvalue weighted by Crippen LogP contribution is 2.19. The number of carbonyl (C=O) groups is 1. The highest BCUT2D eigenvalue weighted by molar-refractivity contribution is 6.31. The van der Waals surface area contributed by atoms with Crippen LogP contribution in [-0.2, 0) is 11.2 Å². The van der Waals surface area contributed by atoms with Crippen molar-refractivity contribution in [3.63, 3.8) is 0 Å². The highest BCUT2D eigenvalue weighted by atomic mass is 35.5. The van der Waals surface area contributed by atoms with Crippen LogP contribution in [0.2, 0.25) is 5.02 Å². The van der Waals surface area contributed by atoms with Crippen molar-refractivity contribution in [1.82, 2.24) is 0 Å². The molecule has 0 aliphatic rings. The van der Waals surface area contributed by atoms with Crippen molar-refractivity contribution >= 4 is 23.2 Å². The summed E-state index contributed by atoms with van der Waals surface area (Å²) >= 11 is 5.65. The van der Waals surface area contributed by atoms with Crippen LogP contribution in [-0.4, -0.2) is 13.0 Å². The average Bonchev–Trinajstić information content (AvgIpc) is 2.44. The number of hydrogen-bond donors (Lipinski definition) is 1. The van der Waals surface area contributed by atoms with Crippen molar-refractivity contribution in [3.8, 4) is 5.75 Å². The number of methoxy groups -OCH3 is 1. The van der Waals surface area contributed by atoms with Crippen LogP contribution >= 0.6 is 11.6 Å². The van der Waals surface area contributed by atoms with Gasteiger partial charge in [0.05, 0.1) is 18.6 Å². The topological polar surface area (TPSA) is 38.3 Å². The van der Waals surface area contributed by atoms with Crippen molar-refractivity contribution in [2.45, 2.75) is 6.42 Å². The Morgan fingerprint density at radius 2 is 1.95 bits per heavy atom. The van der Waals surface area contributed by atoms with Gasteiger partial charge in [-0.3, -0.25) is 4.79 Å². The minimum absolute atomic E-state index is 0.0211. The molecule has 0 saturated heterocycles. The molecule has 0 bridgehead atoms. The maximum Gasteiger partial charge on any atom is 0.228 e. The van der Waals surface area contributed by atoms with Gasteiger partial charge in [0.1, 0.15) is 11.6 Å². The summed E-state index contributed by atoms with van der Waals surface area (Å²) < 4.78 is 18.0. The number of nitrogens with one attached hydrogen (secondary N) is 1. The van der Waals surface area contributed by atoms with E-state index in [0.717, 1.165) is 11.3 Å². The van der Waals surface area contributed by atoms with Crippen molar-refractivity contribution in [2.24, 2.45) is 0 Å². The molecule has 0 heterocycles. The molecule has 0 aromatic heterocycles. The van der Waals surface area contributed by atoms with Crippen molar-refractivity contribution < 1.29 is 13.9 Å². The summed E-state index contributed by atoms with van der Waals surface area (Å²) in [6.45, 7) is 0. The third-order valence-electron chi connectivity index (χ3n) is 2.73. The predicted octanol–water partition coefficient (Wildman–Crippen LogP) is 3.67. The number of halogens is 2. The predicted molar refractivity (Wildman–Crippen MR) is 76.7 cm³/mol. The van der Waals surface area contributed by atoms with Crippen LogP contribution in [0.1, 0.15) is 5.56 Å². The summed E-state index contributed by atoms with van der Waals surface area (Å²) in [4.78, 5) is 11.9. The van der Waals surface area contributed by atoms with E-state index in [-0.39, 0.29) is 17.4 Å². The van der Waals surface area contributed by atoms with E-state index < -0.39 is 5.82 Å². The molecule has 1 N–H and O–H groups in total. The van der Waals surface area contributed by atoms with E-state index in [0.29, 0.717) is 5.69 Å². The summed E-state index contributed by atoms with van der Waals surface area (Å²) in [5.74, 6) is 0.0251. The second-order valence-electron chi connectivity index (χ2n) is 4.20. The molecular formula is C15H13ClFNO2. The number of ether oxygens (including phenoxy) is 1. The molecule has 0 radical (unpaired) electrons. The summed E-state index contributed by atoms with van der Waals surface area (Å²) in [7, 11) is 1.58. The quantitative estimate of drug-likeness (QED) is 0.934. The molecule has 0 spiro atoms. The molecule has 5 heteroatoms. The fourth-order valence-corrected chi connectivity index (χ4v) is 1.89. The van der Waals surface area contributed by atoms with Crippen LogP contribution in [0, 0.1) is 5.82 Å². The Kier molecular flexibility index (Phi) is 4.58. The van der Waals surface area contributed by atoms with E-state index in [1.54, 1.807) is 19.2 Å². The zero-order chi connectivity index (χ0) is 14.5. The van der Waals surface area contributed by atoms with E-state index in [1.165, 1.54) is 18.2 Å². The SMILES string of the molecule is COc1ccc(CC(=O)Nc2ccc(F)c(Cl)c2)cc1. The van der Waals surface area contributed by atoms with Crippen LogP contribution in [0.5, 0.6) is 5.75 Å². The Morgan fingerprint density at radius 1 is 1.25 bits per heavy atom. The third kappa shape index (κ3) is 3.71. The minimum atomic E-state index is -0.514. The van der Waals surface area contributed by atoms with Crippen molar-refractivity contribution in [2.75, 3.05) is 12.4 Å². The van der Waals surface area contributed by atoms with Crippen LogP contribution < -0.4 is 10.1 Å². The summed E-state index contributed by atoms with van der Waals surface area (Å²) in [6, 6.07) is 11.3. The molecule has 3 nitrogen and oxygen atoms in total. The molecule has 1 amide bonds. The molecule has 0 unspecified atom stereocenters. The van der Waals surface area contributed by atoms with E-state index in [4.69, 9.17) is 16.3 Å². The van der Waals surface area contributed by atoms with Gasteiger partial charge in [-0.15, -0.1) is 0 Å². The Morgan fingerprint density at radius 3 is 2.55 bits per heavy atom. The molecule has 0 aliphatic heterocycles. The summed E-state index contributed by atoms with van der Waals surface area (Å²) in [5, 5.41) is 2.64. The third-order valence-corrected chi connectivity index (χ3v) is 3.02. The largest absolute Gasteiger partial charge is 0.497 e. The monoisotopic (exact) mass is 293 g/mol. The standard InChI is InChI=1S/C15H13ClFNO2/c1-20-12-5-2-10(3-6-12)8-15(19)18-11-4-7-14(17)13(16)9-11/h2-7,9H,8H2,1H3,(H,18,19). The second-order valence-corrected chi connectivity index (χ2v) is 4.61. The molecular weight excluding hydrogens is 281 g/mol. The van der Waals surface area contributed by atoms with E-state index in [2.05, 4.69) is 5.32 Å². The molecule has 0 saturated carbocycles. The second kappa shape index (κ2) is 6.39. The molecule has 0 atom stereocenters. The van der Waals surface area contributed by atoms with Gasteiger partial charge >= 0.3 is 0 Å². The lowest BCUT2D eigenvalue weighted by Crippen LogP contribution is -2.14. The normalized spacial score (nSPS) is 10.2. The van der Waals surface area contributed by atoms with Crippen LogP contribution in [0.4, 0.5) is 10.1 Å². The lowest BCUT2D eigenvalue weighted by molar-refractivity contribution is -0.115. The first kappa shape index (κ1) is 14.3. The smallest absolute Gasteiger partial charge is 0.228 e. The number of benzene rings is 2. The van der Waals surface area contributed by atoms with Gasteiger partial charge in [0.15, 0.2) is 0 Å². The average molecular weight is 294 g/mol. The molecule has 2 aromatic carbocycles. The maximum absolute atomic E-state index is 13.0. The molecule has 20 heavy (non-hydrogen) atoms. The first-order chi connectivity index (χ1) is 9.58. The van der Waals surface area contributed by atoms with Crippen LogP contribution in [0.15, 0.2) is 42.5 Å². The van der Waals surface area contributed by atoms with Gasteiger partial charge in [0, 0.05) is 5.69 Å². The Balaban J connectivity index is 1.99. The fraction of sp³-hybridized carbons (Fsp3) is 0.133. The first-order valence-corrected chi connectivity index (χ1v) is 6.34. The minimum Gasteiger partial charge on any atom is -0.497 e. The van der Waals surface area contributed by atoms with Gasteiger partial charge < -0.3 is 10.1 Å². The first-order valence-electron chi connectivity index (χ1n) is 5.96. The van der Waals surface area contributed by atoms with Gasteiger partial charge in [-0.2, -0.15) is 0 Å². The number of rotatable bonds is 4. The molecule has 0 fully saturated rings. The number of anilines is 1. The number of hydrogen-bond acceptors (Lipinski definition) is 2. The lowest BCUT2D eigenvalue weighted by atomic mass is 10.1. The van der Waals surface area contributed by atoms with Crippen LogP contribution in [0.3, 0.4) is 0 Å². The van der Waals surface area contributed by atoms with E-state index in [1.807, 2.05) is 12.1 Å². The summed E-state index contributed by atoms with van der Waals surface area (Å²) in [6.07, 6.45) is 0.221. The summed E-state index contributed by atoms with van der Waals surface area (Å²) in [5.41, 5.74) is 1.33. The molecule has 2 rings (SSSR count). The van der Waals surface area contributed by atoms with E-state index in [9.17, 15) is 9.18 Å². The highest BCUT2D eigenvalue weighted by Gasteiger charge is 2.06. The Bertz CT molecular complexity index is 614. The van der Waals surface area contributed by atoms with Crippen molar-refractivity contribution in [1.29, 1.82) is 0 Å². The molecule has 2 aromatic rings. The van der Waals surface area contributed by atoms with Gasteiger partial charge in [-0.1, -0.05) is 23.7 Å². The zero-order valence-electron chi connectivity index (χ0n) is 10.8. The fourth-order valence-electron chi connectivity index (χ4n) is 1.71. The maximum atomic E-state index is 13.0. The Labute approximate surface area is 121 Å². The molecule has 104 valence electrons. The number of amides is 1. The van der Waals surface area contributed by atoms with E-state index >= 15 is 0 Å². The van der Waals surface area contributed by atoms with Gasteiger partial charge in [0.25, 0.3) is 0 Å². The van der Waals surface area contributed by atoms with Crippen molar-refractivity contribution in [3.05, 3.63) is 58.9 Å².